The highest BCUT2D eigenvalue weighted by atomic mass is 32.2. The molecule has 1 aromatic heterocycles. The lowest BCUT2D eigenvalue weighted by Gasteiger charge is -2.06. The van der Waals surface area contributed by atoms with Crippen LogP contribution in [0.4, 0.5) is 10.1 Å². The Morgan fingerprint density at radius 2 is 2.05 bits per heavy atom. The van der Waals surface area contributed by atoms with Crippen molar-refractivity contribution in [3.63, 3.8) is 0 Å². The van der Waals surface area contributed by atoms with Crippen molar-refractivity contribution in [1.29, 1.82) is 0 Å². The Balaban J connectivity index is 2.32. The zero-order valence-corrected chi connectivity index (χ0v) is 10.7. The molecule has 100 valence electrons. The number of nitrogens with one attached hydrogen (secondary N) is 1. The van der Waals surface area contributed by atoms with E-state index < -0.39 is 21.6 Å². The van der Waals surface area contributed by atoms with Gasteiger partial charge in [-0.15, -0.1) is 0 Å². The van der Waals surface area contributed by atoms with Crippen molar-refractivity contribution < 1.29 is 22.0 Å². The summed E-state index contributed by atoms with van der Waals surface area (Å²) in [5, 5.41) is 2.25. The molecule has 0 spiro atoms. The Bertz CT molecular complexity index is 707. The van der Waals surface area contributed by atoms with E-state index in [0.717, 1.165) is 24.5 Å². The Labute approximate surface area is 109 Å². The van der Waals surface area contributed by atoms with Crippen molar-refractivity contribution in [3.8, 4) is 0 Å². The second kappa shape index (κ2) is 4.85. The first kappa shape index (κ1) is 13.3. The van der Waals surface area contributed by atoms with Gasteiger partial charge in [0.1, 0.15) is 5.82 Å². The maximum absolute atomic E-state index is 13.5. The first-order chi connectivity index (χ1) is 8.88. The van der Waals surface area contributed by atoms with E-state index in [9.17, 15) is 17.6 Å². The topological polar surface area (TPSA) is 76.4 Å². The molecule has 1 aromatic carbocycles. The number of amides is 1. The lowest BCUT2D eigenvalue weighted by molar-refractivity contribution is 0.0996. The highest BCUT2D eigenvalue weighted by Gasteiger charge is 2.15. The minimum atomic E-state index is -3.47. The fourth-order valence-corrected chi connectivity index (χ4v) is 2.07. The summed E-state index contributed by atoms with van der Waals surface area (Å²) in [5.41, 5.74) is -0.218. The second-order valence-electron chi connectivity index (χ2n) is 3.85. The van der Waals surface area contributed by atoms with E-state index in [1.807, 2.05) is 0 Å². The normalized spacial score (nSPS) is 11.3. The predicted molar refractivity (Wildman–Crippen MR) is 66.2 cm³/mol. The van der Waals surface area contributed by atoms with Gasteiger partial charge in [0.15, 0.2) is 15.6 Å². The van der Waals surface area contributed by atoms with Crippen LogP contribution in [0.15, 0.2) is 45.9 Å². The SMILES string of the molecule is CS(=O)(=O)c1ccc(F)c(NC(=O)c2ccco2)c1. The van der Waals surface area contributed by atoms with Crippen molar-refractivity contribution in [2.75, 3.05) is 11.6 Å². The summed E-state index contributed by atoms with van der Waals surface area (Å²) in [4.78, 5) is 11.6. The quantitative estimate of drug-likeness (QED) is 0.875. The number of carbonyl (C=O) groups is 1. The lowest BCUT2D eigenvalue weighted by atomic mass is 10.3. The molecule has 0 radical (unpaired) electrons. The molecule has 0 atom stereocenters. The summed E-state index contributed by atoms with van der Waals surface area (Å²) in [7, 11) is -3.47. The van der Waals surface area contributed by atoms with Crippen molar-refractivity contribution in [2.24, 2.45) is 0 Å². The van der Waals surface area contributed by atoms with Crippen LogP contribution in [0.1, 0.15) is 10.6 Å². The molecule has 0 aliphatic heterocycles. The standard InChI is InChI=1S/C12H10FNO4S/c1-19(16,17)8-4-5-9(13)10(7-8)14-12(15)11-3-2-6-18-11/h2-7H,1H3,(H,14,15). The van der Waals surface area contributed by atoms with E-state index in [0.29, 0.717) is 0 Å². The van der Waals surface area contributed by atoms with Crippen molar-refractivity contribution in [1.82, 2.24) is 0 Å². The predicted octanol–water partition coefficient (Wildman–Crippen LogP) is 2.07. The molecule has 0 aliphatic rings. The first-order valence-corrected chi connectivity index (χ1v) is 7.11. The summed E-state index contributed by atoms with van der Waals surface area (Å²) in [6, 6.07) is 6.10. The number of hydrogen-bond acceptors (Lipinski definition) is 4. The van der Waals surface area contributed by atoms with Crippen LogP contribution in [0.2, 0.25) is 0 Å². The van der Waals surface area contributed by atoms with Crippen molar-refractivity contribution >= 4 is 21.4 Å². The van der Waals surface area contributed by atoms with Gasteiger partial charge in [-0.25, -0.2) is 12.8 Å². The molecule has 1 heterocycles. The van der Waals surface area contributed by atoms with Gasteiger partial charge in [0.2, 0.25) is 0 Å². The van der Waals surface area contributed by atoms with Gasteiger partial charge in [-0.3, -0.25) is 4.79 Å². The van der Waals surface area contributed by atoms with Gasteiger partial charge < -0.3 is 9.73 Å². The molecule has 0 unspecified atom stereocenters. The van der Waals surface area contributed by atoms with E-state index in [1.54, 1.807) is 0 Å². The number of rotatable bonds is 3. The summed E-state index contributed by atoms with van der Waals surface area (Å²) in [6.07, 6.45) is 2.30. The average Bonchev–Trinajstić information content (AvgIpc) is 2.84. The monoisotopic (exact) mass is 283 g/mol. The number of anilines is 1. The van der Waals surface area contributed by atoms with E-state index in [1.165, 1.54) is 18.4 Å². The van der Waals surface area contributed by atoms with Crippen LogP contribution < -0.4 is 5.32 Å². The van der Waals surface area contributed by atoms with E-state index in [2.05, 4.69) is 5.32 Å². The third kappa shape index (κ3) is 3.00. The molecule has 2 rings (SSSR count). The molecular weight excluding hydrogens is 273 g/mol. The second-order valence-corrected chi connectivity index (χ2v) is 5.86. The van der Waals surface area contributed by atoms with Crippen LogP contribution in [0.25, 0.3) is 0 Å². The maximum atomic E-state index is 13.5. The number of carbonyl (C=O) groups excluding carboxylic acids is 1. The van der Waals surface area contributed by atoms with Gasteiger partial charge in [0.25, 0.3) is 5.91 Å². The number of hydrogen-bond donors (Lipinski definition) is 1. The van der Waals surface area contributed by atoms with Crippen LogP contribution in [-0.4, -0.2) is 20.6 Å². The lowest BCUT2D eigenvalue weighted by Crippen LogP contribution is -2.12. The molecule has 1 N–H and O–H groups in total. The number of benzene rings is 1. The summed E-state index contributed by atoms with van der Waals surface area (Å²) >= 11 is 0. The fraction of sp³-hybridized carbons (Fsp3) is 0.0833. The molecule has 0 aliphatic carbocycles. The van der Waals surface area contributed by atoms with Gasteiger partial charge in [-0.2, -0.15) is 0 Å². The van der Waals surface area contributed by atoms with Crippen LogP contribution in [0.5, 0.6) is 0 Å². The molecule has 5 nitrogen and oxygen atoms in total. The van der Waals surface area contributed by atoms with E-state index in [4.69, 9.17) is 4.42 Å². The minimum absolute atomic E-state index is 0.00385. The number of halogens is 1. The van der Waals surface area contributed by atoms with Gasteiger partial charge in [-0.05, 0) is 30.3 Å². The molecule has 19 heavy (non-hydrogen) atoms. The third-order valence-electron chi connectivity index (χ3n) is 2.36. The Kier molecular flexibility index (Phi) is 3.39. The largest absolute Gasteiger partial charge is 0.459 e. The van der Waals surface area contributed by atoms with Gasteiger partial charge >= 0.3 is 0 Å². The number of sulfone groups is 1. The minimum Gasteiger partial charge on any atom is -0.459 e. The van der Waals surface area contributed by atoms with Gasteiger partial charge in [0.05, 0.1) is 16.8 Å². The Morgan fingerprint density at radius 1 is 1.32 bits per heavy atom. The molecule has 7 heteroatoms. The molecule has 1 amide bonds. The van der Waals surface area contributed by atoms with E-state index >= 15 is 0 Å². The molecule has 0 bridgehead atoms. The molecule has 0 saturated heterocycles. The molecule has 2 aromatic rings. The Morgan fingerprint density at radius 3 is 2.63 bits per heavy atom. The average molecular weight is 283 g/mol. The van der Waals surface area contributed by atoms with E-state index in [-0.39, 0.29) is 16.3 Å². The Hall–Kier alpha value is -2.15. The van der Waals surface area contributed by atoms with Gasteiger partial charge in [0, 0.05) is 6.26 Å². The zero-order chi connectivity index (χ0) is 14.0. The van der Waals surface area contributed by atoms with Crippen molar-refractivity contribution in [3.05, 3.63) is 48.2 Å². The smallest absolute Gasteiger partial charge is 0.291 e. The zero-order valence-electron chi connectivity index (χ0n) is 9.88. The van der Waals surface area contributed by atoms with Crippen LogP contribution in [-0.2, 0) is 9.84 Å². The third-order valence-corrected chi connectivity index (χ3v) is 3.47. The van der Waals surface area contributed by atoms with Crippen LogP contribution in [0, 0.1) is 5.82 Å². The van der Waals surface area contributed by atoms with Crippen LogP contribution in [0.3, 0.4) is 0 Å². The summed E-state index contributed by atoms with van der Waals surface area (Å²) in [5.74, 6) is -1.38. The summed E-state index contributed by atoms with van der Waals surface area (Å²) in [6.45, 7) is 0. The maximum Gasteiger partial charge on any atom is 0.291 e. The number of furan rings is 1. The first-order valence-electron chi connectivity index (χ1n) is 5.22. The summed E-state index contributed by atoms with van der Waals surface area (Å²) < 4.78 is 41.1. The highest BCUT2D eigenvalue weighted by molar-refractivity contribution is 7.90. The van der Waals surface area contributed by atoms with Crippen molar-refractivity contribution in [2.45, 2.75) is 4.90 Å². The molecule has 0 fully saturated rings. The highest BCUT2D eigenvalue weighted by Crippen LogP contribution is 2.20. The van der Waals surface area contributed by atoms with Gasteiger partial charge in [-0.1, -0.05) is 0 Å². The fourth-order valence-electron chi connectivity index (χ4n) is 1.42. The molecular formula is C12H10FNO4S. The van der Waals surface area contributed by atoms with Crippen LogP contribution >= 0.6 is 0 Å². The molecule has 0 saturated carbocycles.